The molecule has 0 spiro atoms. The van der Waals surface area contributed by atoms with E-state index in [1.54, 1.807) is 23.1 Å². The largest absolute Gasteiger partial charge is 0.332 e. The summed E-state index contributed by atoms with van der Waals surface area (Å²) in [5.41, 5.74) is 4.32. The van der Waals surface area contributed by atoms with Gasteiger partial charge in [-0.25, -0.2) is 9.67 Å². The summed E-state index contributed by atoms with van der Waals surface area (Å²) in [7, 11) is 0. The van der Waals surface area contributed by atoms with E-state index in [-0.39, 0.29) is 0 Å². The maximum absolute atomic E-state index is 5.45. The molecule has 4 rings (SSSR count). The fourth-order valence-corrected chi connectivity index (χ4v) is 5.47. The molecule has 4 aromatic rings. The molecule has 0 unspecified atom stereocenters. The van der Waals surface area contributed by atoms with Gasteiger partial charge in [-0.3, -0.25) is 0 Å². The third-order valence-electron chi connectivity index (χ3n) is 3.73. The quantitative estimate of drug-likeness (QED) is 0.282. The standard InChI is InChI=1S/C19H16N4S4/c1-13-7-9-14(10-8-13)20-17-21-15(11-25-17)12-26-18-22-23(19(24)27-18)16-5-3-2-4-6-16/h2-11H,12H2,1H3,(H,20,21). The Hall–Kier alpha value is -2.00. The van der Waals surface area contributed by atoms with Crippen LogP contribution in [0.4, 0.5) is 10.8 Å². The van der Waals surface area contributed by atoms with Crippen LogP contribution < -0.4 is 5.32 Å². The maximum atomic E-state index is 5.45. The van der Waals surface area contributed by atoms with Gasteiger partial charge in [0.2, 0.25) is 0 Å². The Morgan fingerprint density at radius 1 is 1.11 bits per heavy atom. The molecule has 2 aromatic heterocycles. The highest BCUT2D eigenvalue weighted by Crippen LogP contribution is 2.29. The number of thioether (sulfide) groups is 1. The van der Waals surface area contributed by atoms with Gasteiger partial charge in [0.1, 0.15) is 0 Å². The minimum atomic E-state index is 0.753. The highest BCUT2D eigenvalue weighted by atomic mass is 32.2. The van der Waals surface area contributed by atoms with Gasteiger partial charge in [0.05, 0.1) is 11.4 Å². The number of nitrogens with zero attached hydrogens (tertiary/aromatic N) is 3. The molecule has 0 bridgehead atoms. The predicted molar refractivity (Wildman–Crippen MR) is 118 cm³/mol. The van der Waals surface area contributed by atoms with Crippen molar-refractivity contribution < 1.29 is 0 Å². The fourth-order valence-electron chi connectivity index (χ4n) is 2.38. The summed E-state index contributed by atoms with van der Waals surface area (Å²) in [5, 5.41) is 11.0. The summed E-state index contributed by atoms with van der Waals surface area (Å²) in [4.78, 5) is 4.66. The number of hydrogen-bond acceptors (Lipinski definition) is 7. The van der Waals surface area contributed by atoms with Crippen LogP contribution in [0.25, 0.3) is 5.69 Å². The highest BCUT2D eigenvalue weighted by Gasteiger charge is 2.08. The van der Waals surface area contributed by atoms with Crippen molar-refractivity contribution in [2.24, 2.45) is 0 Å². The van der Waals surface area contributed by atoms with Crippen molar-refractivity contribution in [3.63, 3.8) is 0 Å². The molecule has 0 aliphatic rings. The van der Waals surface area contributed by atoms with Crippen LogP contribution in [-0.2, 0) is 5.75 Å². The number of aryl methyl sites for hydroxylation is 1. The monoisotopic (exact) mass is 428 g/mol. The smallest absolute Gasteiger partial charge is 0.187 e. The van der Waals surface area contributed by atoms with Crippen LogP contribution in [0.15, 0.2) is 64.3 Å². The van der Waals surface area contributed by atoms with E-state index >= 15 is 0 Å². The average Bonchev–Trinajstić information content (AvgIpc) is 3.29. The molecule has 1 N–H and O–H groups in total. The number of para-hydroxylation sites is 1. The summed E-state index contributed by atoms with van der Waals surface area (Å²) in [6.07, 6.45) is 0. The van der Waals surface area contributed by atoms with Crippen molar-refractivity contribution in [1.29, 1.82) is 0 Å². The number of nitrogens with one attached hydrogen (secondary N) is 1. The lowest BCUT2D eigenvalue weighted by Gasteiger charge is -2.02. The lowest BCUT2D eigenvalue weighted by molar-refractivity contribution is 0.829. The summed E-state index contributed by atoms with van der Waals surface area (Å²) in [6, 6.07) is 18.3. The second-order valence-corrected chi connectivity index (χ2v) is 9.51. The molecule has 2 heterocycles. The Morgan fingerprint density at radius 3 is 2.67 bits per heavy atom. The highest BCUT2D eigenvalue weighted by molar-refractivity contribution is 8.00. The summed E-state index contributed by atoms with van der Waals surface area (Å²) in [5.74, 6) is 0.767. The number of aromatic nitrogens is 3. The number of rotatable bonds is 6. The Labute approximate surface area is 174 Å². The topological polar surface area (TPSA) is 42.7 Å². The van der Waals surface area contributed by atoms with Gasteiger partial charge in [-0.1, -0.05) is 59.0 Å². The molecule has 0 atom stereocenters. The molecular formula is C19H16N4S4. The molecule has 0 radical (unpaired) electrons. The second kappa shape index (κ2) is 8.35. The summed E-state index contributed by atoms with van der Waals surface area (Å²) >= 11 is 10.3. The van der Waals surface area contributed by atoms with E-state index in [9.17, 15) is 0 Å². The van der Waals surface area contributed by atoms with E-state index in [1.807, 2.05) is 35.0 Å². The van der Waals surface area contributed by atoms with Gasteiger partial charge >= 0.3 is 0 Å². The molecule has 0 saturated heterocycles. The van der Waals surface area contributed by atoms with Crippen LogP contribution in [0.3, 0.4) is 0 Å². The molecule has 0 saturated carbocycles. The lowest BCUT2D eigenvalue weighted by atomic mass is 10.2. The number of thiazole rings is 1. The SMILES string of the molecule is Cc1ccc(Nc2nc(CSc3nn(-c4ccccc4)c(=S)s3)cs2)cc1. The first-order chi connectivity index (χ1) is 13.2. The molecule has 8 heteroatoms. The van der Waals surface area contributed by atoms with Crippen LogP contribution in [0, 0.1) is 10.9 Å². The zero-order valence-corrected chi connectivity index (χ0v) is 17.7. The number of anilines is 2. The van der Waals surface area contributed by atoms with E-state index in [1.165, 1.54) is 16.9 Å². The van der Waals surface area contributed by atoms with Crippen molar-refractivity contribution in [2.45, 2.75) is 17.0 Å². The van der Waals surface area contributed by atoms with E-state index in [0.29, 0.717) is 0 Å². The van der Waals surface area contributed by atoms with Crippen LogP contribution in [0.5, 0.6) is 0 Å². The number of benzene rings is 2. The Bertz CT molecular complexity index is 1080. The van der Waals surface area contributed by atoms with Crippen molar-refractivity contribution in [3.8, 4) is 5.69 Å². The minimum absolute atomic E-state index is 0.753. The average molecular weight is 429 g/mol. The first-order valence-electron chi connectivity index (χ1n) is 8.24. The molecule has 4 nitrogen and oxygen atoms in total. The van der Waals surface area contributed by atoms with Crippen LogP contribution in [0.1, 0.15) is 11.3 Å². The van der Waals surface area contributed by atoms with Gasteiger partial charge < -0.3 is 5.32 Å². The molecular weight excluding hydrogens is 413 g/mol. The molecule has 0 aliphatic carbocycles. The van der Waals surface area contributed by atoms with Crippen molar-refractivity contribution in [1.82, 2.24) is 14.8 Å². The van der Waals surface area contributed by atoms with Gasteiger partial charge in [0.15, 0.2) is 13.4 Å². The van der Waals surface area contributed by atoms with Gasteiger partial charge in [0, 0.05) is 16.8 Å². The third kappa shape index (κ3) is 4.65. The first kappa shape index (κ1) is 18.4. The van der Waals surface area contributed by atoms with Crippen LogP contribution in [0.2, 0.25) is 0 Å². The van der Waals surface area contributed by atoms with Crippen LogP contribution >= 0.6 is 46.7 Å². The molecule has 0 amide bonds. The summed E-state index contributed by atoms with van der Waals surface area (Å²) in [6.45, 7) is 2.08. The molecule has 2 aromatic carbocycles. The fraction of sp³-hybridized carbons (Fsp3) is 0.105. The summed E-state index contributed by atoms with van der Waals surface area (Å²) < 4.78 is 3.52. The van der Waals surface area contributed by atoms with E-state index in [4.69, 9.17) is 12.2 Å². The molecule has 0 fully saturated rings. The molecule has 0 aliphatic heterocycles. The normalized spacial score (nSPS) is 10.9. The Kier molecular flexibility index (Phi) is 5.68. The van der Waals surface area contributed by atoms with E-state index in [2.05, 4.69) is 52.0 Å². The maximum Gasteiger partial charge on any atom is 0.187 e. The van der Waals surface area contributed by atoms with Crippen LogP contribution in [-0.4, -0.2) is 14.8 Å². The zero-order valence-electron chi connectivity index (χ0n) is 14.5. The van der Waals surface area contributed by atoms with E-state index < -0.39 is 0 Å². The third-order valence-corrected chi connectivity index (χ3v) is 6.93. The number of hydrogen-bond donors (Lipinski definition) is 1. The molecule has 27 heavy (non-hydrogen) atoms. The van der Waals surface area contributed by atoms with Crippen molar-refractivity contribution >= 4 is 57.5 Å². The Morgan fingerprint density at radius 2 is 1.89 bits per heavy atom. The second-order valence-electron chi connectivity index (χ2n) is 5.80. The van der Waals surface area contributed by atoms with Gasteiger partial charge in [-0.05, 0) is 43.4 Å². The van der Waals surface area contributed by atoms with Crippen molar-refractivity contribution in [3.05, 3.63) is 75.2 Å². The molecule has 136 valence electrons. The van der Waals surface area contributed by atoms with Gasteiger partial charge in [-0.15, -0.1) is 16.4 Å². The van der Waals surface area contributed by atoms with E-state index in [0.717, 1.165) is 36.2 Å². The van der Waals surface area contributed by atoms with Crippen molar-refractivity contribution in [2.75, 3.05) is 5.32 Å². The lowest BCUT2D eigenvalue weighted by Crippen LogP contribution is -1.95. The first-order valence-corrected chi connectivity index (χ1v) is 11.3. The predicted octanol–water partition coefficient (Wildman–Crippen LogP) is 6.46. The van der Waals surface area contributed by atoms with Gasteiger partial charge in [0.25, 0.3) is 0 Å². The van der Waals surface area contributed by atoms with Gasteiger partial charge in [-0.2, -0.15) is 0 Å². The Balaban J connectivity index is 1.40. The zero-order chi connectivity index (χ0) is 18.6. The minimum Gasteiger partial charge on any atom is -0.332 e.